The van der Waals surface area contributed by atoms with Gasteiger partial charge in [0.2, 0.25) is 0 Å². The van der Waals surface area contributed by atoms with Gasteiger partial charge in [-0.2, -0.15) is 0 Å². The molecule has 0 spiro atoms. The van der Waals surface area contributed by atoms with E-state index in [-0.39, 0.29) is 0 Å². The van der Waals surface area contributed by atoms with Crippen LogP contribution in [0.4, 0.5) is 0 Å². The molecule has 1 N–H and O–H groups in total. The fraction of sp³-hybridized carbons (Fsp3) is 0.250. The second-order valence-electron chi connectivity index (χ2n) is 4.53. The van der Waals surface area contributed by atoms with Crippen molar-refractivity contribution in [1.29, 1.82) is 0 Å². The van der Waals surface area contributed by atoms with Crippen molar-refractivity contribution in [3.8, 4) is 16.9 Å². The molecule has 2 aromatic carbocycles. The zero-order valence-corrected chi connectivity index (χ0v) is 12.2. The van der Waals surface area contributed by atoms with Crippen molar-refractivity contribution in [3.05, 3.63) is 52.5 Å². The van der Waals surface area contributed by atoms with Crippen LogP contribution in [0.5, 0.6) is 5.75 Å². The lowest BCUT2D eigenvalue weighted by molar-refractivity contribution is 0.415. The van der Waals surface area contributed by atoms with Crippen molar-refractivity contribution in [2.75, 3.05) is 14.2 Å². The van der Waals surface area contributed by atoms with Gasteiger partial charge >= 0.3 is 0 Å². The van der Waals surface area contributed by atoms with Crippen molar-refractivity contribution in [2.45, 2.75) is 13.5 Å². The van der Waals surface area contributed by atoms with Gasteiger partial charge in [-0.25, -0.2) is 0 Å². The maximum Gasteiger partial charge on any atom is 0.137 e. The van der Waals surface area contributed by atoms with Gasteiger partial charge in [-0.05, 0) is 48.4 Å². The van der Waals surface area contributed by atoms with E-state index in [1.54, 1.807) is 7.11 Å². The van der Waals surface area contributed by atoms with Gasteiger partial charge in [0, 0.05) is 6.54 Å². The summed E-state index contributed by atoms with van der Waals surface area (Å²) in [5, 5.41) is 3.79. The highest BCUT2D eigenvalue weighted by Gasteiger charge is 2.06. The van der Waals surface area contributed by atoms with E-state index in [4.69, 9.17) is 16.3 Å². The summed E-state index contributed by atoms with van der Waals surface area (Å²) in [6, 6.07) is 12.4. The molecule has 0 saturated heterocycles. The molecule has 2 rings (SSSR count). The molecule has 19 heavy (non-hydrogen) atoms. The third-order valence-electron chi connectivity index (χ3n) is 3.13. The molecule has 0 amide bonds. The molecular weight excluding hydrogens is 258 g/mol. The van der Waals surface area contributed by atoms with Gasteiger partial charge in [-0.3, -0.25) is 0 Å². The van der Waals surface area contributed by atoms with E-state index in [0.29, 0.717) is 10.8 Å². The average molecular weight is 276 g/mol. The first-order valence-electron chi connectivity index (χ1n) is 6.23. The third-order valence-corrected chi connectivity index (χ3v) is 3.43. The van der Waals surface area contributed by atoms with E-state index in [9.17, 15) is 0 Å². The first kappa shape index (κ1) is 13.9. The number of hydrogen-bond donors (Lipinski definition) is 1. The van der Waals surface area contributed by atoms with E-state index in [0.717, 1.165) is 12.1 Å². The highest BCUT2D eigenvalue weighted by molar-refractivity contribution is 6.32. The van der Waals surface area contributed by atoms with E-state index in [2.05, 4.69) is 30.4 Å². The fourth-order valence-electron chi connectivity index (χ4n) is 2.20. The largest absolute Gasteiger partial charge is 0.495 e. The summed E-state index contributed by atoms with van der Waals surface area (Å²) in [7, 11) is 3.57. The number of aryl methyl sites for hydroxylation is 1. The molecule has 0 aliphatic rings. The quantitative estimate of drug-likeness (QED) is 0.909. The minimum atomic E-state index is 0.638. The van der Waals surface area contributed by atoms with Gasteiger partial charge in [-0.15, -0.1) is 0 Å². The Morgan fingerprint density at radius 3 is 2.53 bits per heavy atom. The van der Waals surface area contributed by atoms with Gasteiger partial charge < -0.3 is 10.1 Å². The Kier molecular flexibility index (Phi) is 4.46. The summed E-state index contributed by atoms with van der Waals surface area (Å²) in [4.78, 5) is 0. The highest BCUT2D eigenvalue weighted by atomic mass is 35.5. The summed E-state index contributed by atoms with van der Waals surface area (Å²) in [5.41, 5.74) is 4.83. The number of methoxy groups -OCH3 is 1. The maximum atomic E-state index is 6.18. The topological polar surface area (TPSA) is 21.3 Å². The van der Waals surface area contributed by atoms with Crippen molar-refractivity contribution < 1.29 is 4.74 Å². The van der Waals surface area contributed by atoms with Crippen molar-refractivity contribution in [1.82, 2.24) is 5.32 Å². The van der Waals surface area contributed by atoms with Crippen LogP contribution in [0.15, 0.2) is 36.4 Å². The van der Waals surface area contributed by atoms with Gasteiger partial charge in [0.05, 0.1) is 12.1 Å². The summed E-state index contributed by atoms with van der Waals surface area (Å²) in [5.74, 6) is 0.704. The average Bonchev–Trinajstić information content (AvgIpc) is 2.39. The molecule has 2 nitrogen and oxygen atoms in total. The Morgan fingerprint density at radius 2 is 1.95 bits per heavy atom. The Balaban J connectivity index is 2.39. The Labute approximate surface area is 119 Å². The standard InChI is InChI=1S/C16H18ClNO/c1-11-8-12(10-18-2)4-6-14(11)13-5-7-16(19-3)15(17)9-13/h4-9,18H,10H2,1-3H3. The van der Waals surface area contributed by atoms with Crippen molar-refractivity contribution >= 4 is 11.6 Å². The van der Waals surface area contributed by atoms with Crippen LogP contribution in [0.1, 0.15) is 11.1 Å². The van der Waals surface area contributed by atoms with Gasteiger partial charge in [0.15, 0.2) is 0 Å². The van der Waals surface area contributed by atoms with Crippen LogP contribution in [0.2, 0.25) is 5.02 Å². The number of ether oxygens (including phenoxy) is 1. The maximum absolute atomic E-state index is 6.18. The molecule has 3 heteroatoms. The van der Waals surface area contributed by atoms with Crippen LogP contribution in [-0.4, -0.2) is 14.2 Å². The summed E-state index contributed by atoms with van der Waals surface area (Å²) in [6.45, 7) is 3.00. The number of halogens is 1. The van der Waals surface area contributed by atoms with Crippen LogP contribution in [0.25, 0.3) is 11.1 Å². The molecule has 0 bridgehead atoms. The predicted octanol–water partition coefficient (Wildman–Crippen LogP) is 4.04. The fourth-order valence-corrected chi connectivity index (χ4v) is 2.46. The number of rotatable bonds is 4. The normalized spacial score (nSPS) is 10.5. The second-order valence-corrected chi connectivity index (χ2v) is 4.94. The molecular formula is C16H18ClNO. The molecule has 0 aliphatic heterocycles. The monoisotopic (exact) mass is 275 g/mol. The molecule has 0 saturated carbocycles. The number of benzene rings is 2. The van der Waals surface area contributed by atoms with Crippen LogP contribution in [-0.2, 0) is 6.54 Å². The highest BCUT2D eigenvalue weighted by Crippen LogP contribution is 2.31. The van der Waals surface area contributed by atoms with Crippen LogP contribution >= 0.6 is 11.6 Å². The van der Waals surface area contributed by atoms with E-state index < -0.39 is 0 Å². The molecule has 0 radical (unpaired) electrons. The first-order valence-corrected chi connectivity index (χ1v) is 6.61. The molecule has 100 valence electrons. The van der Waals surface area contributed by atoms with E-state index in [1.165, 1.54) is 16.7 Å². The molecule has 2 aromatic rings. The summed E-state index contributed by atoms with van der Waals surface area (Å²) >= 11 is 6.18. The SMILES string of the molecule is CNCc1ccc(-c2ccc(OC)c(Cl)c2)c(C)c1. The molecule has 0 unspecified atom stereocenters. The van der Waals surface area contributed by atoms with Crippen LogP contribution in [0, 0.1) is 6.92 Å². The number of nitrogens with one attached hydrogen (secondary N) is 1. The van der Waals surface area contributed by atoms with E-state index >= 15 is 0 Å². The van der Waals surface area contributed by atoms with Gasteiger partial charge in [-0.1, -0.05) is 35.9 Å². The van der Waals surface area contributed by atoms with Gasteiger partial charge in [0.1, 0.15) is 5.75 Å². The third kappa shape index (κ3) is 3.09. The first-order chi connectivity index (χ1) is 9.15. The lowest BCUT2D eigenvalue weighted by Gasteiger charge is -2.10. The summed E-state index contributed by atoms with van der Waals surface area (Å²) in [6.07, 6.45) is 0. The lowest BCUT2D eigenvalue weighted by Crippen LogP contribution is -2.05. The molecule has 0 aromatic heterocycles. The zero-order valence-electron chi connectivity index (χ0n) is 11.5. The van der Waals surface area contributed by atoms with E-state index in [1.807, 2.05) is 25.2 Å². The van der Waals surface area contributed by atoms with Crippen molar-refractivity contribution in [3.63, 3.8) is 0 Å². The van der Waals surface area contributed by atoms with Crippen LogP contribution < -0.4 is 10.1 Å². The minimum absolute atomic E-state index is 0.638. The Morgan fingerprint density at radius 1 is 1.16 bits per heavy atom. The zero-order chi connectivity index (χ0) is 13.8. The van der Waals surface area contributed by atoms with Crippen molar-refractivity contribution in [2.24, 2.45) is 0 Å². The Hall–Kier alpha value is -1.51. The smallest absolute Gasteiger partial charge is 0.137 e. The molecule has 0 fully saturated rings. The molecule has 0 heterocycles. The lowest BCUT2D eigenvalue weighted by atomic mass is 9.98. The summed E-state index contributed by atoms with van der Waals surface area (Å²) < 4.78 is 5.18. The molecule has 0 aliphatic carbocycles. The Bertz CT molecular complexity index is 581. The predicted molar refractivity (Wildman–Crippen MR) is 80.9 cm³/mol. The van der Waals surface area contributed by atoms with Gasteiger partial charge in [0.25, 0.3) is 0 Å². The molecule has 0 atom stereocenters. The minimum Gasteiger partial charge on any atom is -0.495 e. The second kappa shape index (κ2) is 6.09. The number of hydrogen-bond acceptors (Lipinski definition) is 2. The van der Waals surface area contributed by atoms with Crippen LogP contribution in [0.3, 0.4) is 0 Å².